The van der Waals surface area contributed by atoms with Crippen LogP contribution in [0.2, 0.25) is 5.02 Å². The summed E-state index contributed by atoms with van der Waals surface area (Å²) < 4.78 is 26.8. The molecule has 0 saturated heterocycles. The molecule has 1 aliphatic heterocycles. The molecule has 126 valence electrons. The Balaban J connectivity index is 2.09. The first-order valence-electron chi connectivity index (χ1n) is 7.49. The summed E-state index contributed by atoms with van der Waals surface area (Å²) >= 11 is 5.98. The van der Waals surface area contributed by atoms with E-state index in [-0.39, 0.29) is 23.0 Å². The second kappa shape index (κ2) is 6.11. The molecule has 1 aliphatic rings. The first kappa shape index (κ1) is 16.8. The lowest BCUT2D eigenvalue weighted by Crippen LogP contribution is -2.40. The van der Waals surface area contributed by atoms with Crippen LogP contribution < -0.4 is 5.32 Å². The number of fused-ring (bicyclic) bond motifs is 1. The first-order valence-corrected chi connectivity index (χ1v) is 9.30. The second-order valence-electron chi connectivity index (χ2n) is 5.89. The minimum atomic E-state index is -3.94. The van der Waals surface area contributed by atoms with E-state index >= 15 is 0 Å². The Kier molecular flexibility index (Phi) is 4.27. The molecule has 2 aromatic carbocycles. The molecule has 0 aliphatic carbocycles. The maximum Gasteiger partial charge on any atom is 0.269 e. The van der Waals surface area contributed by atoms with Gasteiger partial charge in [-0.1, -0.05) is 29.3 Å². The van der Waals surface area contributed by atoms with Crippen LogP contribution in [0.15, 0.2) is 47.4 Å². The summed E-state index contributed by atoms with van der Waals surface area (Å²) in [6.45, 7) is 3.74. The first-order chi connectivity index (χ1) is 11.3. The van der Waals surface area contributed by atoms with Crippen LogP contribution in [-0.4, -0.2) is 31.2 Å². The van der Waals surface area contributed by atoms with Crippen LogP contribution in [0.25, 0.3) is 0 Å². The number of amides is 1. The van der Waals surface area contributed by atoms with E-state index in [1.807, 2.05) is 13.8 Å². The van der Waals surface area contributed by atoms with E-state index in [9.17, 15) is 13.2 Å². The van der Waals surface area contributed by atoms with Gasteiger partial charge in [0.15, 0.2) is 0 Å². The van der Waals surface area contributed by atoms with Crippen molar-refractivity contribution in [1.82, 2.24) is 4.31 Å². The third-order valence-electron chi connectivity index (χ3n) is 3.89. The van der Waals surface area contributed by atoms with Crippen LogP contribution in [0.1, 0.15) is 22.8 Å². The molecule has 0 fully saturated rings. The van der Waals surface area contributed by atoms with Crippen LogP contribution >= 0.6 is 11.6 Å². The molecule has 0 radical (unpaired) electrons. The second-order valence-corrected chi connectivity index (χ2v) is 8.19. The van der Waals surface area contributed by atoms with E-state index in [2.05, 4.69) is 5.32 Å². The van der Waals surface area contributed by atoms with Crippen molar-refractivity contribution in [3.8, 4) is 0 Å². The summed E-state index contributed by atoms with van der Waals surface area (Å²) in [4.78, 5) is 13.0. The van der Waals surface area contributed by atoms with Crippen molar-refractivity contribution in [2.75, 3.05) is 11.9 Å². The van der Waals surface area contributed by atoms with Gasteiger partial charge in [-0.15, -0.1) is 0 Å². The molecule has 24 heavy (non-hydrogen) atoms. The molecular weight excluding hydrogens is 348 g/mol. The van der Waals surface area contributed by atoms with Crippen LogP contribution in [0, 0.1) is 6.92 Å². The zero-order chi connectivity index (χ0) is 17.5. The number of hydrogen-bond donors (Lipinski definition) is 1. The van der Waals surface area contributed by atoms with Crippen LogP contribution in [0.5, 0.6) is 0 Å². The number of halogens is 1. The summed E-state index contributed by atoms with van der Waals surface area (Å²) in [6, 6.07) is 11.1. The van der Waals surface area contributed by atoms with Gasteiger partial charge in [0.25, 0.3) is 15.9 Å². The Bertz CT molecular complexity index is 895. The molecule has 0 saturated carbocycles. The summed E-state index contributed by atoms with van der Waals surface area (Å²) in [7, 11) is -3.94. The van der Waals surface area contributed by atoms with Crippen molar-refractivity contribution in [1.29, 1.82) is 0 Å². The van der Waals surface area contributed by atoms with Gasteiger partial charge in [-0.25, -0.2) is 12.7 Å². The summed E-state index contributed by atoms with van der Waals surface area (Å²) in [6.07, 6.45) is 0. The van der Waals surface area contributed by atoms with Crippen LogP contribution in [0.4, 0.5) is 5.69 Å². The third kappa shape index (κ3) is 2.99. The topological polar surface area (TPSA) is 66.5 Å². The van der Waals surface area contributed by atoms with Crippen molar-refractivity contribution >= 4 is 33.2 Å². The van der Waals surface area contributed by atoms with E-state index in [1.165, 1.54) is 18.2 Å². The molecule has 1 atom stereocenters. The standard InChI is InChI=1S/C17H17ClN2O3S/c1-11-3-6-14(7-4-11)24(22,23)20-10-12(2)19-16-8-5-13(18)9-15(16)17(20)21/h3-9,12,19H,10H2,1-2H3. The zero-order valence-corrected chi connectivity index (χ0v) is 14.9. The Labute approximate surface area is 146 Å². The Hall–Kier alpha value is -2.05. The minimum absolute atomic E-state index is 0.0430. The molecule has 1 amide bonds. The molecule has 0 aromatic heterocycles. The highest BCUT2D eigenvalue weighted by Crippen LogP contribution is 2.29. The smallest absolute Gasteiger partial charge is 0.269 e. The fourth-order valence-corrected chi connectivity index (χ4v) is 4.28. The molecule has 1 heterocycles. The van der Waals surface area contributed by atoms with Crippen molar-refractivity contribution in [2.24, 2.45) is 0 Å². The molecule has 5 nitrogen and oxygen atoms in total. The lowest BCUT2D eigenvalue weighted by molar-refractivity contribution is 0.0864. The third-order valence-corrected chi connectivity index (χ3v) is 5.89. The lowest BCUT2D eigenvalue weighted by Gasteiger charge is -2.22. The van der Waals surface area contributed by atoms with Gasteiger partial charge in [0, 0.05) is 16.8 Å². The fraction of sp³-hybridized carbons (Fsp3) is 0.235. The number of carbonyl (C=O) groups is 1. The maximum atomic E-state index is 12.9. The average Bonchev–Trinajstić information content (AvgIpc) is 2.65. The van der Waals surface area contributed by atoms with Crippen molar-refractivity contribution in [3.05, 3.63) is 58.6 Å². The maximum absolute atomic E-state index is 12.9. The number of carbonyl (C=O) groups excluding carboxylic acids is 1. The molecule has 3 rings (SSSR count). The SMILES string of the molecule is Cc1ccc(S(=O)(=O)N2CC(C)Nc3ccc(Cl)cc3C2=O)cc1. The number of aryl methyl sites for hydroxylation is 1. The predicted molar refractivity (Wildman–Crippen MR) is 93.9 cm³/mol. The largest absolute Gasteiger partial charge is 0.380 e. The van der Waals surface area contributed by atoms with E-state index in [1.54, 1.807) is 24.3 Å². The fourth-order valence-electron chi connectivity index (χ4n) is 2.64. The van der Waals surface area contributed by atoms with Gasteiger partial charge in [0.2, 0.25) is 0 Å². The Morgan fingerprint density at radius 3 is 2.50 bits per heavy atom. The van der Waals surface area contributed by atoms with Gasteiger partial charge in [0.1, 0.15) is 0 Å². The summed E-state index contributed by atoms with van der Waals surface area (Å²) in [5.41, 5.74) is 1.78. The molecule has 7 heteroatoms. The van der Waals surface area contributed by atoms with Gasteiger partial charge >= 0.3 is 0 Å². The minimum Gasteiger partial charge on any atom is -0.380 e. The van der Waals surface area contributed by atoms with E-state index in [0.717, 1.165) is 9.87 Å². The zero-order valence-electron chi connectivity index (χ0n) is 13.3. The van der Waals surface area contributed by atoms with E-state index in [4.69, 9.17) is 11.6 Å². The number of benzene rings is 2. The monoisotopic (exact) mass is 364 g/mol. The number of anilines is 1. The molecule has 0 spiro atoms. The molecule has 1 unspecified atom stereocenters. The van der Waals surface area contributed by atoms with Crippen molar-refractivity contribution < 1.29 is 13.2 Å². The van der Waals surface area contributed by atoms with Crippen molar-refractivity contribution in [3.63, 3.8) is 0 Å². The van der Waals surface area contributed by atoms with E-state index < -0.39 is 15.9 Å². The van der Waals surface area contributed by atoms with Crippen molar-refractivity contribution in [2.45, 2.75) is 24.8 Å². The Morgan fingerprint density at radius 2 is 1.83 bits per heavy atom. The average molecular weight is 365 g/mol. The number of nitrogens with one attached hydrogen (secondary N) is 1. The summed E-state index contributed by atoms with van der Waals surface area (Å²) in [5.74, 6) is -0.579. The van der Waals surface area contributed by atoms with Gasteiger partial charge in [-0.05, 0) is 44.2 Å². The number of sulfonamides is 1. The number of nitrogens with zero attached hydrogens (tertiary/aromatic N) is 1. The molecular formula is C17H17ClN2O3S. The number of rotatable bonds is 2. The molecule has 0 bridgehead atoms. The highest BCUT2D eigenvalue weighted by atomic mass is 35.5. The molecule has 2 aromatic rings. The normalized spacial score (nSPS) is 17.9. The van der Waals surface area contributed by atoms with E-state index in [0.29, 0.717) is 10.7 Å². The summed E-state index contributed by atoms with van der Waals surface area (Å²) in [5, 5.41) is 3.54. The van der Waals surface area contributed by atoms with Crippen LogP contribution in [-0.2, 0) is 10.0 Å². The van der Waals surface area contributed by atoms with Gasteiger partial charge < -0.3 is 5.32 Å². The highest BCUT2D eigenvalue weighted by molar-refractivity contribution is 7.89. The predicted octanol–water partition coefficient (Wildman–Crippen LogP) is 3.29. The van der Waals surface area contributed by atoms with Gasteiger partial charge in [0.05, 0.1) is 17.0 Å². The lowest BCUT2D eigenvalue weighted by atomic mass is 10.1. The van der Waals surface area contributed by atoms with Gasteiger partial charge in [-0.3, -0.25) is 4.79 Å². The quantitative estimate of drug-likeness (QED) is 0.887. The highest BCUT2D eigenvalue weighted by Gasteiger charge is 2.35. The van der Waals surface area contributed by atoms with Gasteiger partial charge in [-0.2, -0.15) is 0 Å². The number of hydrogen-bond acceptors (Lipinski definition) is 4. The van der Waals surface area contributed by atoms with Crippen LogP contribution in [0.3, 0.4) is 0 Å². The Morgan fingerprint density at radius 1 is 1.17 bits per heavy atom. The molecule has 1 N–H and O–H groups in total.